The number of hydrogen-bond acceptors (Lipinski definition) is 6. The second-order valence-electron chi connectivity index (χ2n) is 6.31. The first-order chi connectivity index (χ1) is 14.7. The first kappa shape index (κ1) is 19.4. The lowest BCUT2D eigenvalue weighted by Gasteiger charge is -2.09. The number of carbonyl (C=O) groups excluding carboxylic acids is 1. The molecule has 2 aromatic carbocycles. The standard InChI is InChI=1S/C22H15N5O2S/c23-11-17-20(15-7-4-10-24-12-15)26-22(27-21(17)29)30-13-19(28)25-18-9-3-6-14-5-1-2-8-16(14)18/h1-10,12H,13H2,(H,25,28)(H,26,27,29). The highest BCUT2D eigenvalue weighted by atomic mass is 32.2. The Bertz CT molecular complexity index is 1320. The number of fused-ring (bicyclic) bond motifs is 1. The van der Waals surface area contributed by atoms with Crippen LogP contribution >= 0.6 is 11.8 Å². The summed E-state index contributed by atoms with van der Waals surface area (Å²) < 4.78 is 0. The lowest BCUT2D eigenvalue weighted by molar-refractivity contribution is -0.113. The van der Waals surface area contributed by atoms with Crippen molar-refractivity contribution in [3.05, 3.63) is 82.9 Å². The molecule has 0 fully saturated rings. The van der Waals surface area contributed by atoms with E-state index in [9.17, 15) is 14.9 Å². The van der Waals surface area contributed by atoms with Crippen molar-refractivity contribution in [2.75, 3.05) is 11.1 Å². The molecular weight excluding hydrogens is 398 g/mol. The molecule has 2 aromatic heterocycles. The Morgan fingerprint density at radius 2 is 1.97 bits per heavy atom. The van der Waals surface area contributed by atoms with E-state index in [1.807, 2.05) is 48.5 Å². The molecule has 0 unspecified atom stereocenters. The molecule has 2 heterocycles. The predicted molar refractivity (Wildman–Crippen MR) is 116 cm³/mol. The topological polar surface area (TPSA) is 112 Å². The normalized spacial score (nSPS) is 10.5. The van der Waals surface area contributed by atoms with E-state index in [0.717, 1.165) is 28.2 Å². The minimum atomic E-state index is -0.552. The van der Waals surface area contributed by atoms with Crippen LogP contribution in [0.15, 0.2) is 76.9 Å². The van der Waals surface area contributed by atoms with Crippen LogP contribution in [0.4, 0.5) is 5.69 Å². The minimum absolute atomic E-state index is 0.0462. The molecule has 0 aliphatic rings. The molecule has 4 aromatic rings. The molecule has 8 heteroatoms. The number of carbonyl (C=O) groups is 1. The molecular formula is C22H15N5O2S. The van der Waals surface area contributed by atoms with Gasteiger partial charge in [0.2, 0.25) is 5.91 Å². The highest BCUT2D eigenvalue weighted by molar-refractivity contribution is 7.99. The first-order valence-corrected chi connectivity index (χ1v) is 9.99. The SMILES string of the molecule is N#Cc1c(-c2cccnc2)nc(SCC(=O)Nc2cccc3ccccc23)[nH]c1=O. The highest BCUT2D eigenvalue weighted by Gasteiger charge is 2.15. The smallest absolute Gasteiger partial charge is 0.270 e. The fraction of sp³-hybridized carbons (Fsp3) is 0.0455. The molecule has 146 valence electrons. The van der Waals surface area contributed by atoms with Gasteiger partial charge in [-0.15, -0.1) is 0 Å². The van der Waals surface area contributed by atoms with Crippen molar-refractivity contribution in [1.29, 1.82) is 5.26 Å². The molecule has 0 aliphatic carbocycles. The van der Waals surface area contributed by atoms with Gasteiger partial charge in [0.25, 0.3) is 5.56 Å². The number of nitrogens with zero attached hydrogens (tertiary/aromatic N) is 3. The van der Waals surface area contributed by atoms with Gasteiger partial charge in [-0.1, -0.05) is 48.2 Å². The fourth-order valence-electron chi connectivity index (χ4n) is 2.99. The third-order valence-corrected chi connectivity index (χ3v) is 5.22. The van der Waals surface area contributed by atoms with Crippen LogP contribution in [-0.4, -0.2) is 26.6 Å². The summed E-state index contributed by atoms with van der Waals surface area (Å²) in [5, 5.41) is 14.4. The lowest BCUT2D eigenvalue weighted by atomic mass is 10.1. The molecule has 7 nitrogen and oxygen atoms in total. The summed E-state index contributed by atoms with van der Waals surface area (Å²) >= 11 is 1.09. The molecule has 0 saturated heterocycles. The largest absolute Gasteiger partial charge is 0.325 e. The quantitative estimate of drug-likeness (QED) is 0.382. The number of nitriles is 1. The third kappa shape index (κ3) is 4.06. The predicted octanol–water partition coefficient (Wildman–Crippen LogP) is 3.59. The number of benzene rings is 2. The van der Waals surface area contributed by atoms with Crippen LogP contribution in [0.5, 0.6) is 0 Å². The van der Waals surface area contributed by atoms with Gasteiger partial charge in [0.05, 0.1) is 11.4 Å². The number of amides is 1. The second kappa shape index (κ2) is 8.59. The van der Waals surface area contributed by atoms with Crippen LogP contribution in [0.3, 0.4) is 0 Å². The summed E-state index contributed by atoms with van der Waals surface area (Å²) in [6.45, 7) is 0. The summed E-state index contributed by atoms with van der Waals surface area (Å²) in [5.74, 6) is -0.184. The summed E-state index contributed by atoms with van der Waals surface area (Å²) in [5.41, 5.74) is 0.875. The van der Waals surface area contributed by atoms with Crippen molar-refractivity contribution in [3.8, 4) is 17.3 Å². The number of anilines is 1. The number of aromatic amines is 1. The molecule has 0 saturated carbocycles. The van der Waals surface area contributed by atoms with E-state index < -0.39 is 5.56 Å². The number of rotatable bonds is 5. The number of thioether (sulfide) groups is 1. The summed E-state index contributed by atoms with van der Waals surface area (Å²) in [7, 11) is 0. The van der Waals surface area contributed by atoms with Crippen LogP contribution in [0.1, 0.15) is 5.56 Å². The number of hydrogen-bond donors (Lipinski definition) is 2. The van der Waals surface area contributed by atoms with Gasteiger partial charge < -0.3 is 10.3 Å². The lowest BCUT2D eigenvalue weighted by Crippen LogP contribution is -2.17. The van der Waals surface area contributed by atoms with E-state index in [0.29, 0.717) is 5.56 Å². The Hall–Kier alpha value is -3.96. The van der Waals surface area contributed by atoms with Crippen LogP contribution in [0.25, 0.3) is 22.0 Å². The van der Waals surface area contributed by atoms with Gasteiger partial charge in [-0.05, 0) is 23.6 Å². The van der Waals surface area contributed by atoms with E-state index in [2.05, 4.69) is 20.3 Å². The van der Waals surface area contributed by atoms with Crippen molar-refractivity contribution < 1.29 is 4.79 Å². The Morgan fingerprint density at radius 3 is 2.77 bits per heavy atom. The zero-order valence-corrected chi connectivity index (χ0v) is 16.4. The summed E-state index contributed by atoms with van der Waals surface area (Å²) in [6, 6.07) is 18.8. The second-order valence-corrected chi connectivity index (χ2v) is 7.28. The molecule has 0 aliphatic heterocycles. The molecule has 0 atom stereocenters. The maximum absolute atomic E-state index is 12.5. The van der Waals surface area contributed by atoms with Crippen LogP contribution in [-0.2, 0) is 4.79 Å². The van der Waals surface area contributed by atoms with E-state index in [1.54, 1.807) is 18.3 Å². The Kier molecular flexibility index (Phi) is 5.54. The van der Waals surface area contributed by atoms with Crippen LogP contribution in [0, 0.1) is 11.3 Å². The molecule has 0 spiro atoms. The maximum Gasteiger partial charge on any atom is 0.270 e. The number of aromatic nitrogens is 3. The summed E-state index contributed by atoms with van der Waals surface area (Å²) in [6.07, 6.45) is 3.13. The van der Waals surface area contributed by atoms with Gasteiger partial charge in [-0.3, -0.25) is 14.6 Å². The van der Waals surface area contributed by atoms with Crippen molar-refractivity contribution >= 4 is 34.1 Å². The minimum Gasteiger partial charge on any atom is -0.325 e. The van der Waals surface area contributed by atoms with Gasteiger partial charge in [0, 0.05) is 29.0 Å². The molecule has 4 rings (SSSR count). The zero-order valence-electron chi connectivity index (χ0n) is 15.6. The van der Waals surface area contributed by atoms with Gasteiger partial charge in [0.1, 0.15) is 11.6 Å². The molecule has 2 N–H and O–H groups in total. The van der Waals surface area contributed by atoms with Crippen LogP contribution in [0.2, 0.25) is 0 Å². The molecule has 0 bridgehead atoms. The Labute approximate surface area is 175 Å². The number of nitrogens with one attached hydrogen (secondary N) is 2. The van der Waals surface area contributed by atoms with Gasteiger partial charge in [-0.25, -0.2) is 4.98 Å². The molecule has 0 radical (unpaired) electrons. The summed E-state index contributed by atoms with van der Waals surface area (Å²) in [4.78, 5) is 35.7. The Balaban J connectivity index is 1.54. The zero-order chi connectivity index (χ0) is 20.9. The average Bonchev–Trinajstić information content (AvgIpc) is 2.78. The van der Waals surface area contributed by atoms with E-state index in [4.69, 9.17) is 0 Å². The van der Waals surface area contributed by atoms with Gasteiger partial charge in [0.15, 0.2) is 5.16 Å². The fourth-order valence-corrected chi connectivity index (χ4v) is 3.65. The van der Waals surface area contributed by atoms with Gasteiger partial charge >= 0.3 is 0 Å². The third-order valence-electron chi connectivity index (χ3n) is 4.35. The van der Waals surface area contributed by atoms with Crippen LogP contribution < -0.4 is 10.9 Å². The number of H-pyrrole nitrogens is 1. The molecule has 30 heavy (non-hydrogen) atoms. The van der Waals surface area contributed by atoms with Crippen molar-refractivity contribution in [2.45, 2.75) is 5.16 Å². The van der Waals surface area contributed by atoms with E-state index in [1.165, 1.54) is 6.20 Å². The van der Waals surface area contributed by atoms with Crippen molar-refractivity contribution in [1.82, 2.24) is 15.0 Å². The first-order valence-electron chi connectivity index (χ1n) is 9.01. The monoisotopic (exact) mass is 413 g/mol. The van der Waals surface area contributed by atoms with E-state index >= 15 is 0 Å². The Morgan fingerprint density at radius 1 is 1.13 bits per heavy atom. The molecule has 1 amide bonds. The maximum atomic E-state index is 12.5. The average molecular weight is 413 g/mol. The number of pyridine rings is 1. The van der Waals surface area contributed by atoms with Gasteiger partial charge in [-0.2, -0.15) is 5.26 Å². The van der Waals surface area contributed by atoms with Crippen molar-refractivity contribution in [2.24, 2.45) is 0 Å². The highest BCUT2D eigenvalue weighted by Crippen LogP contribution is 2.24. The van der Waals surface area contributed by atoms with Crippen molar-refractivity contribution in [3.63, 3.8) is 0 Å². The van der Waals surface area contributed by atoms with E-state index in [-0.39, 0.29) is 28.1 Å².